The maximum Gasteiger partial charge on any atom is 0.442 e. The Bertz CT molecular complexity index is 1300. The second-order valence-corrected chi connectivity index (χ2v) is 8.63. The summed E-state index contributed by atoms with van der Waals surface area (Å²) in [6.07, 6.45) is -5.69. The molecule has 0 saturated carbocycles. The fraction of sp³-hybridized carbons (Fsp3) is 0.231. The van der Waals surface area contributed by atoms with E-state index in [2.05, 4.69) is 15.5 Å². The number of carbonyl (C=O) groups is 2. The predicted molar refractivity (Wildman–Crippen MR) is 122 cm³/mol. The predicted octanol–water partition coefficient (Wildman–Crippen LogP) is 5.40. The van der Waals surface area contributed by atoms with Crippen LogP contribution in [-0.4, -0.2) is 36.0 Å². The molecule has 1 heterocycles. The van der Waals surface area contributed by atoms with Gasteiger partial charge in [-0.2, -0.15) is 13.2 Å². The normalized spacial score (nSPS) is 16.1. The molecular formula is C26H20F3N3O4. The second-order valence-electron chi connectivity index (χ2n) is 8.63. The van der Waals surface area contributed by atoms with E-state index in [9.17, 15) is 27.9 Å². The van der Waals surface area contributed by atoms with Gasteiger partial charge in [-0.3, -0.25) is 0 Å². The van der Waals surface area contributed by atoms with E-state index in [-0.39, 0.29) is 24.5 Å². The number of carboxylic acids is 1. The molecule has 36 heavy (non-hydrogen) atoms. The lowest BCUT2D eigenvalue weighted by atomic mass is 9.98. The van der Waals surface area contributed by atoms with Gasteiger partial charge in [-0.25, -0.2) is 9.59 Å². The van der Waals surface area contributed by atoms with Crippen molar-refractivity contribution in [1.29, 1.82) is 0 Å². The number of alkyl halides is 3. The highest BCUT2D eigenvalue weighted by Crippen LogP contribution is 2.52. The number of nitrogens with one attached hydrogen (secondary N) is 1. The molecule has 0 fully saturated rings. The van der Waals surface area contributed by atoms with Crippen LogP contribution in [0.2, 0.25) is 0 Å². The van der Waals surface area contributed by atoms with E-state index < -0.39 is 29.9 Å². The van der Waals surface area contributed by atoms with Gasteiger partial charge in [0, 0.05) is 17.9 Å². The first-order valence-electron chi connectivity index (χ1n) is 11.1. The van der Waals surface area contributed by atoms with Crippen molar-refractivity contribution in [3.63, 3.8) is 0 Å². The summed E-state index contributed by atoms with van der Waals surface area (Å²) in [4.78, 5) is 24.2. The van der Waals surface area contributed by atoms with E-state index in [1.54, 1.807) is 0 Å². The summed E-state index contributed by atoms with van der Waals surface area (Å²) < 4.78 is 44.9. The maximum absolute atomic E-state index is 13.2. The van der Waals surface area contributed by atoms with Crippen molar-refractivity contribution in [3.05, 3.63) is 95.1 Å². The molecule has 1 aliphatic carbocycles. The van der Waals surface area contributed by atoms with Crippen molar-refractivity contribution >= 4 is 12.1 Å². The molecule has 0 saturated heterocycles. The van der Waals surface area contributed by atoms with Gasteiger partial charge >= 0.3 is 23.9 Å². The molecule has 3 aromatic rings. The summed E-state index contributed by atoms with van der Waals surface area (Å²) in [6, 6.07) is 19.4. The van der Waals surface area contributed by atoms with Gasteiger partial charge in [0.2, 0.25) is 0 Å². The fourth-order valence-corrected chi connectivity index (χ4v) is 4.53. The molecule has 1 amide bonds. The second kappa shape index (κ2) is 8.78. The van der Waals surface area contributed by atoms with E-state index >= 15 is 0 Å². The van der Waals surface area contributed by atoms with Gasteiger partial charge in [0.1, 0.15) is 12.6 Å². The minimum absolute atomic E-state index is 0.0213. The number of hydrogen-bond acceptors (Lipinski definition) is 5. The highest BCUT2D eigenvalue weighted by Gasteiger charge is 2.65. The maximum atomic E-state index is 13.2. The molecule has 0 aromatic heterocycles. The quantitative estimate of drug-likeness (QED) is 0.458. The molecule has 2 N–H and O–H groups in total. The van der Waals surface area contributed by atoms with E-state index in [4.69, 9.17) is 4.74 Å². The van der Waals surface area contributed by atoms with Gasteiger partial charge in [-0.1, -0.05) is 72.8 Å². The summed E-state index contributed by atoms with van der Waals surface area (Å²) in [5, 5.41) is 18.2. The van der Waals surface area contributed by atoms with Gasteiger partial charge in [0.15, 0.2) is 0 Å². The van der Waals surface area contributed by atoms with Gasteiger partial charge in [-0.05, 0) is 27.8 Å². The van der Waals surface area contributed by atoms with E-state index in [1.807, 2.05) is 48.5 Å². The highest BCUT2D eigenvalue weighted by molar-refractivity contribution is 5.81. The molecule has 2 aliphatic rings. The number of halogens is 3. The lowest BCUT2D eigenvalue weighted by Crippen LogP contribution is -2.42. The molecule has 184 valence electrons. The minimum atomic E-state index is -4.65. The molecule has 0 bridgehead atoms. The molecule has 1 atom stereocenters. The van der Waals surface area contributed by atoms with Crippen LogP contribution < -0.4 is 5.32 Å². The van der Waals surface area contributed by atoms with Crippen molar-refractivity contribution in [2.45, 2.75) is 30.2 Å². The Kier molecular flexibility index (Phi) is 5.74. The van der Waals surface area contributed by atoms with Gasteiger partial charge in [0.05, 0.1) is 0 Å². The van der Waals surface area contributed by atoms with Crippen LogP contribution in [0.25, 0.3) is 11.1 Å². The number of ether oxygens (including phenoxy) is 1. The Labute approximate surface area is 203 Å². The molecule has 0 radical (unpaired) electrons. The topological polar surface area (TPSA) is 100 Å². The van der Waals surface area contributed by atoms with Crippen LogP contribution >= 0.6 is 0 Å². The molecule has 1 aliphatic heterocycles. The third-order valence-electron chi connectivity index (χ3n) is 6.43. The molecule has 10 heteroatoms. The number of hydrogen-bond donors (Lipinski definition) is 2. The molecule has 3 aromatic carbocycles. The Morgan fingerprint density at radius 2 is 1.50 bits per heavy atom. The van der Waals surface area contributed by atoms with Crippen LogP contribution in [0.5, 0.6) is 0 Å². The highest BCUT2D eigenvalue weighted by atomic mass is 19.4. The summed E-state index contributed by atoms with van der Waals surface area (Å²) in [6.45, 7) is 0.0213. The van der Waals surface area contributed by atoms with Gasteiger partial charge in [0.25, 0.3) is 0 Å². The zero-order valence-corrected chi connectivity index (χ0v) is 18.7. The Hall–Kier alpha value is -4.21. The van der Waals surface area contributed by atoms with Crippen molar-refractivity contribution in [3.8, 4) is 11.1 Å². The summed E-state index contributed by atoms with van der Waals surface area (Å²) in [7, 11) is 0. The number of nitrogens with zero attached hydrogens (tertiary/aromatic N) is 2. The largest absolute Gasteiger partial charge is 0.480 e. The smallest absolute Gasteiger partial charge is 0.442 e. The Morgan fingerprint density at radius 3 is 2.00 bits per heavy atom. The van der Waals surface area contributed by atoms with Crippen molar-refractivity contribution < 1.29 is 32.6 Å². The van der Waals surface area contributed by atoms with Crippen molar-refractivity contribution in [1.82, 2.24) is 5.32 Å². The van der Waals surface area contributed by atoms with Crippen molar-refractivity contribution in [2.24, 2.45) is 10.2 Å². The SMILES string of the molecule is O=C(N[C@H](Cc1ccc(C2(C(F)(F)F)N=N2)cc1)C(=O)O)OCC1c2ccccc2-c2ccccc21. The minimum Gasteiger partial charge on any atom is -0.480 e. The lowest BCUT2D eigenvalue weighted by Gasteiger charge is -2.18. The number of fused-ring (bicyclic) bond motifs is 3. The Morgan fingerprint density at radius 1 is 0.944 bits per heavy atom. The average Bonchev–Trinajstić information content (AvgIpc) is 3.62. The molecule has 0 spiro atoms. The van der Waals surface area contributed by atoms with Gasteiger partial charge in [-0.15, -0.1) is 10.2 Å². The fourth-order valence-electron chi connectivity index (χ4n) is 4.53. The van der Waals surface area contributed by atoms with Gasteiger partial charge < -0.3 is 15.2 Å². The molecule has 5 rings (SSSR count). The molecule has 0 unspecified atom stereocenters. The van der Waals surface area contributed by atoms with E-state index in [1.165, 1.54) is 24.3 Å². The number of carboxylic acid groups (broad SMARTS) is 1. The summed E-state index contributed by atoms with van der Waals surface area (Å²) in [5.74, 6) is -1.48. The first-order chi connectivity index (χ1) is 17.2. The molecule has 7 nitrogen and oxygen atoms in total. The third kappa shape index (κ3) is 4.19. The van der Waals surface area contributed by atoms with E-state index in [0.29, 0.717) is 5.56 Å². The van der Waals surface area contributed by atoms with Crippen LogP contribution in [0.1, 0.15) is 28.2 Å². The lowest BCUT2D eigenvalue weighted by molar-refractivity contribution is -0.166. The van der Waals surface area contributed by atoms with E-state index in [0.717, 1.165) is 22.3 Å². The zero-order valence-electron chi connectivity index (χ0n) is 18.7. The number of alkyl carbamates (subject to hydrolysis) is 1. The number of rotatable bonds is 7. The van der Waals surface area contributed by atoms with Crippen LogP contribution in [0.4, 0.5) is 18.0 Å². The summed E-state index contributed by atoms with van der Waals surface area (Å²) >= 11 is 0. The number of aliphatic carboxylic acids is 1. The first-order valence-corrected chi connectivity index (χ1v) is 11.1. The third-order valence-corrected chi connectivity index (χ3v) is 6.43. The Balaban J connectivity index is 1.23. The van der Waals surface area contributed by atoms with Crippen LogP contribution in [0.3, 0.4) is 0 Å². The van der Waals surface area contributed by atoms with Crippen LogP contribution in [-0.2, 0) is 21.6 Å². The number of benzene rings is 3. The zero-order chi connectivity index (χ0) is 25.5. The number of carbonyl (C=O) groups excluding carboxylic acids is 1. The number of amides is 1. The van der Waals surface area contributed by atoms with Crippen LogP contribution in [0.15, 0.2) is 83.0 Å². The standard InChI is InChI=1S/C26H20F3N3O4/c27-26(28,29)25(31-32-25)16-11-9-15(10-12-16)13-22(23(33)34)30-24(35)36-14-21-19-7-3-1-5-17(19)18-6-2-4-8-20(18)21/h1-12,21-22H,13-14H2,(H,30,35)(H,33,34)/t22-/m1/s1. The average molecular weight is 495 g/mol. The summed E-state index contributed by atoms with van der Waals surface area (Å²) in [5.41, 5.74) is 1.88. The van der Waals surface area contributed by atoms with Crippen LogP contribution in [0, 0.1) is 0 Å². The monoisotopic (exact) mass is 495 g/mol. The molecular weight excluding hydrogens is 475 g/mol. The first kappa shape index (κ1) is 23.5. The van der Waals surface area contributed by atoms with Crippen molar-refractivity contribution in [2.75, 3.05) is 6.61 Å².